The molecule has 0 aromatic heterocycles. The van der Waals surface area contributed by atoms with E-state index in [1.54, 1.807) is 0 Å². The van der Waals surface area contributed by atoms with Gasteiger partial charge in [0.2, 0.25) is 0 Å². The Morgan fingerprint density at radius 3 is 2.48 bits per heavy atom. The van der Waals surface area contributed by atoms with E-state index < -0.39 is 0 Å². The number of hydrogen-bond acceptors (Lipinski definition) is 3. The molecule has 0 aliphatic carbocycles. The van der Waals surface area contributed by atoms with Gasteiger partial charge in [0.25, 0.3) is 0 Å². The minimum atomic E-state index is 0. The molecule has 0 saturated carbocycles. The highest BCUT2D eigenvalue weighted by molar-refractivity contribution is 5.97. The van der Waals surface area contributed by atoms with E-state index in [1.807, 2.05) is 24.3 Å². The Kier molecular flexibility index (Phi) is 6.24. The molecule has 3 nitrogen and oxygen atoms in total. The highest BCUT2D eigenvalue weighted by atomic mass is 35.5. The summed E-state index contributed by atoms with van der Waals surface area (Å²) in [5.74, 6) is 0.557. The Hall–Kier alpha value is -0.900. The van der Waals surface area contributed by atoms with Crippen LogP contribution in [-0.2, 0) is 0 Å². The van der Waals surface area contributed by atoms with Gasteiger partial charge in [-0.1, -0.05) is 36.8 Å². The molecule has 3 rings (SSSR count). The molecule has 0 spiro atoms. The number of Topliss-reactive ketones (excluding diaryl/α,β-unsaturated/α-hetero) is 1. The van der Waals surface area contributed by atoms with Crippen molar-refractivity contribution in [3.8, 4) is 0 Å². The quantitative estimate of drug-likeness (QED) is 0.856. The van der Waals surface area contributed by atoms with Crippen molar-refractivity contribution in [3.05, 3.63) is 35.4 Å². The molecule has 1 unspecified atom stereocenters. The fraction of sp³-hybridized carbons (Fsp3) is 0.632. The van der Waals surface area contributed by atoms with E-state index in [4.69, 9.17) is 0 Å². The number of hydrogen-bond donors (Lipinski definition) is 1. The Bertz CT molecular complexity index is 515. The first-order chi connectivity index (χ1) is 10.6. The number of rotatable bonds is 4. The van der Waals surface area contributed by atoms with E-state index in [0.717, 1.165) is 44.6 Å². The maximum absolute atomic E-state index is 12.6. The summed E-state index contributed by atoms with van der Waals surface area (Å²) < 4.78 is 0. The van der Waals surface area contributed by atoms with Gasteiger partial charge < -0.3 is 10.2 Å². The van der Waals surface area contributed by atoms with Crippen LogP contribution in [0.5, 0.6) is 0 Å². The molecule has 1 atom stereocenters. The minimum Gasteiger partial charge on any atom is -0.316 e. The molecule has 0 radical (unpaired) electrons. The summed E-state index contributed by atoms with van der Waals surface area (Å²) in [6.45, 7) is 10.0. The van der Waals surface area contributed by atoms with E-state index in [1.165, 1.54) is 18.5 Å². The van der Waals surface area contributed by atoms with Crippen molar-refractivity contribution in [2.75, 3.05) is 32.7 Å². The van der Waals surface area contributed by atoms with Gasteiger partial charge in [0.15, 0.2) is 5.78 Å². The van der Waals surface area contributed by atoms with Gasteiger partial charge in [0.05, 0.1) is 0 Å². The third kappa shape index (κ3) is 4.56. The SMILES string of the molecule is Cc1ccc(C(=O)C2CCN(CC3(C)CCNC3)CC2)cc1.Cl. The van der Waals surface area contributed by atoms with Gasteiger partial charge in [0.1, 0.15) is 0 Å². The number of carbonyl (C=O) groups excluding carboxylic acids is 1. The zero-order valence-corrected chi connectivity index (χ0v) is 15.1. The largest absolute Gasteiger partial charge is 0.316 e. The highest BCUT2D eigenvalue weighted by Gasteiger charge is 2.33. The van der Waals surface area contributed by atoms with Crippen LogP contribution in [0.25, 0.3) is 0 Å². The van der Waals surface area contributed by atoms with Gasteiger partial charge in [-0.05, 0) is 51.2 Å². The number of carbonyl (C=O) groups is 1. The highest BCUT2D eigenvalue weighted by Crippen LogP contribution is 2.29. The second kappa shape index (κ2) is 7.78. The zero-order chi connectivity index (χ0) is 15.6. The Labute approximate surface area is 146 Å². The third-order valence-corrected chi connectivity index (χ3v) is 5.36. The molecule has 128 valence electrons. The van der Waals surface area contributed by atoms with Gasteiger partial charge in [-0.3, -0.25) is 4.79 Å². The van der Waals surface area contributed by atoms with Crippen LogP contribution < -0.4 is 5.32 Å². The summed E-state index contributed by atoms with van der Waals surface area (Å²) in [5.41, 5.74) is 2.52. The van der Waals surface area contributed by atoms with E-state index in [9.17, 15) is 4.79 Å². The number of aryl methyl sites for hydroxylation is 1. The average Bonchev–Trinajstić information content (AvgIpc) is 2.94. The Morgan fingerprint density at radius 2 is 1.91 bits per heavy atom. The number of likely N-dealkylation sites (tertiary alicyclic amines) is 1. The predicted octanol–water partition coefficient (Wildman–Crippen LogP) is 3.31. The van der Waals surface area contributed by atoms with Crippen LogP contribution in [0.4, 0.5) is 0 Å². The third-order valence-electron chi connectivity index (χ3n) is 5.36. The van der Waals surface area contributed by atoms with Crippen molar-refractivity contribution in [2.24, 2.45) is 11.3 Å². The monoisotopic (exact) mass is 336 g/mol. The van der Waals surface area contributed by atoms with Crippen molar-refractivity contribution in [2.45, 2.75) is 33.1 Å². The molecule has 1 aromatic rings. The normalized spacial score (nSPS) is 26.0. The van der Waals surface area contributed by atoms with Crippen molar-refractivity contribution in [1.29, 1.82) is 0 Å². The number of benzene rings is 1. The smallest absolute Gasteiger partial charge is 0.166 e. The minimum absolute atomic E-state index is 0. The van der Waals surface area contributed by atoms with Crippen LogP contribution in [0.2, 0.25) is 0 Å². The van der Waals surface area contributed by atoms with Gasteiger partial charge in [-0.25, -0.2) is 0 Å². The summed E-state index contributed by atoms with van der Waals surface area (Å²) >= 11 is 0. The molecule has 0 bridgehead atoms. The van der Waals surface area contributed by atoms with Crippen molar-refractivity contribution in [3.63, 3.8) is 0 Å². The summed E-state index contributed by atoms with van der Waals surface area (Å²) in [7, 11) is 0. The lowest BCUT2D eigenvalue weighted by molar-refractivity contribution is 0.0797. The number of ketones is 1. The Morgan fingerprint density at radius 1 is 1.26 bits per heavy atom. The van der Waals surface area contributed by atoms with Crippen LogP contribution in [-0.4, -0.2) is 43.4 Å². The maximum Gasteiger partial charge on any atom is 0.166 e. The van der Waals surface area contributed by atoms with E-state index in [0.29, 0.717) is 11.2 Å². The van der Waals surface area contributed by atoms with E-state index >= 15 is 0 Å². The lowest BCUT2D eigenvalue weighted by Gasteiger charge is -2.36. The summed E-state index contributed by atoms with van der Waals surface area (Å²) in [4.78, 5) is 15.2. The predicted molar refractivity (Wildman–Crippen MR) is 97.5 cm³/mol. The molecule has 2 aliphatic rings. The first-order valence-corrected chi connectivity index (χ1v) is 8.60. The lowest BCUT2D eigenvalue weighted by atomic mass is 9.85. The Balaban J connectivity index is 0.00000192. The summed E-state index contributed by atoms with van der Waals surface area (Å²) in [6, 6.07) is 8.04. The van der Waals surface area contributed by atoms with Crippen LogP contribution >= 0.6 is 12.4 Å². The van der Waals surface area contributed by atoms with Gasteiger partial charge in [-0.2, -0.15) is 0 Å². The van der Waals surface area contributed by atoms with Crippen molar-refractivity contribution in [1.82, 2.24) is 10.2 Å². The number of halogens is 1. The molecule has 1 N–H and O–H groups in total. The van der Waals surface area contributed by atoms with Gasteiger partial charge >= 0.3 is 0 Å². The van der Waals surface area contributed by atoms with Crippen LogP contribution in [0, 0.1) is 18.3 Å². The first kappa shape index (κ1) is 18.4. The molecule has 4 heteroatoms. The van der Waals surface area contributed by atoms with Crippen LogP contribution in [0.1, 0.15) is 42.1 Å². The first-order valence-electron chi connectivity index (χ1n) is 8.60. The summed E-state index contributed by atoms with van der Waals surface area (Å²) in [5, 5.41) is 3.47. The van der Waals surface area contributed by atoms with Crippen LogP contribution in [0.15, 0.2) is 24.3 Å². The standard InChI is InChI=1S/C19H28N2O.ClH/c1-15-3-5-16(6-4-15)18(22)17-7-11-21(12-8-17)14-19(2)9-10-20-13-19;/h3-6,17,20H,7-14H2,1-2H3;1H. The summed E-state index contributed by atoms with van der Waals surface area (Å²) in [6.07, 6.45) is 3.29. The van der Waals surface area contributed by atoms with Crippen molar-refractivity contribution < 1.29 is 4.79 Å². The number of nitrogens with zero attached hydrogens (tertiary/aromatic N) is 1. The van der Waals surface area contributed by atoms with E-state index in [2.05, 4.69) is 24.1 Å². The molecule has 2 aliphatic heterocycles. The fourth-order valence-electron chi connectivity index (χ4n) is 3.85. The van der Waals surface area contributed by atoms with Gasteiger partial charge in [-0.15, -0.1) is 12.4 Å². The van der Waals surface area contributed by atoms with Crippen LogP contribution in [0.3, 0.4) is 0 Å². The second-order valence-corrected chi connectivity index (χ2v) is 7.52. The second-order valence-electron chi connectivity index (χ2n) is 7.52. The molecule has 2 saturated heterocycles. The molecular formula is C19H29ClN2O. The maximum atomic E-state index is 12.6. The zero-order valence-electron chi connectivity index (χ0n) is 14.3. The lowest BCUT2D eigenvalue weighted by Crippen LogP contribution is -2.43. The topological polar surface area (TPSA) is 32.3 Å². The molecular weight excluding hydrogens is 308 g/mol. The average molecular weight is 337 g/mol. The molecule has 2 heterocycles. The fourth-order valence-corrected chi connectivity index (χ4v) is 3.85. The van der Waals surface area contributed by atoms with Gasteiger partial charge in [0, 0.05) is 24.6 Å². The van der Waals surface area contributed by atoms with E-state index in [-0.39, 0.29) is 18.3 Å². The van der Waals surface area contributed by atoms with Crippen molar-refractivity contribution >= 4 is 18.2 Å². The molecule has 0 amide bonds. The number of nitrogens with one attached hydrogen (secondary N) is 1. The number of piperidine rings is 1. The molecule has 23 heavy (non-hydrogen) atoms. The molecule has 2 fully saturated rings. The molecule has 1 aromatic carbocycles.